The van der Waals surface area contributed by atoms with Crippen LogP contribution in [0.15, 0.2) is 35.8 Å². The Morgan fingerprint density at radius 2 is 1.89 bits per heavy atom. The summed E-state index contributed by atoms with van der Waals surface area (Å²) in [4.78, 5) is 4.55. The number of hydrogen-bond acceptors (Lipinski definition) is 1. The van der Waals surface area contributed by atoms with E-state index in [0.717, 1.165) is 32.0 Å². The van der Waals surface area contributed by atoms with Crippen molar-refractivity contribution >= 4 is 5.96 Å². The number of nitrogens with one attached hydrogen (secondary N) is 2. The highest BCUT2D eigenvalue weighted by molar-refractivity contribution is 5.79. The lowest BCUT2D eigenvalue weighted by Crippen LogP contribution is -2.37. The molecule has 0 unspecified atom stereocenters. The molecule has 0 aliphatic rings. The van der Waals surface area contributed by atoms with Crippen LogP contribution in [-0.4, -0.2) is 25.6 Å². The van der Waals surface area contributed by atoms with E-state index >= 15 is 0 Å². The Hall–Kier alpha value is -1.77. The Labute approximate surface area is 116 Å². The van der Waals surface area contributed by atoms with Crippen molar-refractivity contribution in [1.29, 1.82) is 0 Å². The van der Waals surface area contributed by atoms with Crippen molar-refractivity contribution in [3.8, 4) is 0 Å². The topological polar surface area (TPSA) is 36.4 Å². The van der Waals surface area contributed by atoms with Crippen molar-refractivity contribution in [3.05, 3.63) is 47.5 Å². The van der Waals surface area contributed by atoms with Crippen LogP contribution in [0.4, 0.5) is 0 Å². The molecule has 19 heavy (non-hydrogen) atoms. The predicted molar refractivity (Wildman–Crippen MR) is 83.8 cm³/mol. The molecule has 3 heteroatoms. The van der Waals surface area contributed by atoms with Gasteiger partial charge in [-0.3, -0.25) is 4.99 Å². The highest BCUT2D eigenvalue weighted by Crippen LogP contribution is 2.09. The number of benzene rings is 1. The van der Waals surface area contributed by atoms with Crippen molar-refractivity contribution in [2.75, 3.05) is 19.6 Å². The lowest BCUT2D eigenvalue weighted by Gasteiger charge is -2.09. The summed E-state index contributed by atoms with van der Waals surface area (Å²) < 4.78 is 0. The van der Waals surface area contributed by atoms with E-state index in [0.29, 0.717) is 0 Å². The number of guanidine groups is 1. The van der Waals surface area contributed by atoms with Crippen LogP contribution < -0.4 is 10.6 Å². The smallest absolute Gasteiger partial charge is 0.191 e. The summed E-state index contributed by atoms with van der Waals surface area (Å²) in [6.07, 6.45) is 2.80. The van der Waals surface area contributed by atoms with Gasteiger partial charge < -0.3 is 10.6 Å². The molecule has 3 nitrogen and oxygen atoms in total. The second kappa shape index (κ2) is 8.35. The van der Waals surface area contributed by atoms with Crippen LogP contribution in [0.1, 0.15) is 23.6 Å². The van der Waals surface area contributed by atoms with Gasteiger partial charge >= 0.3 is 0 Å². The quantitative estimate of drug-likeness (QED) is 0.468. The molecule has 2 N–H and O–H groups in total. The van der Waals surface area contributed by atoms with E-state index in [-0.39, 0.29) is 0 Å². The van der Waals surface area contributed by atoms with Crippen molar-refractivity contribution in [3.63, 3.8) is 0 Å². The molecule has 0 aromatic heterocycles. The van der Waals surface area contributed by atoms with Crippen LogP contribution >= 0.6 is 0 Å². The van der Waals surface area contributed by atoms with Crippen LogP contribution in [0, 0.1) is 13.8 Å². The second-order valence-electron chi connectivity index (χ2n) is 4.68. The largest absolute Gasteiger partial charge is 0.357 e. The molecule has 0 radical (unpaired) electrons. The maximum Gasteiger partial charge on any atom is 0.191 e. The van der Waals surface area contributed by atoms with Gasteiger partial charge in [0.1, 0.15) is 0 Å². The fraction of sp³-hybridized carbons (Fsp3) is 0.438. The molecule has 0 amide bonds. The minimum absolute atomic E-state index is 0.732. The molecule has 0 spiro atoms. The molecule has 0 bridgehead atoms. The number of aliphatic imine (C=N–C) groups is 1. The third kappa shape index (κ3) is 6.09. The van der Waals surface area contributed by atoms with Gasteiger partial charge in [0.05, 0.1) is 0 Å². The Balaban J connectivity index is 2.55. The van der Waals surface area contributed by atoms with E-state index in [1.54, 1.807) is 0 Å². The summed E-state index contributed by atoms with van der Waals surface area (Å²) in [6.45, 7) is 12.4. The van der Waals surface area contributed by atoms with E-state index in [1.807, 2.05) is 6.08 Å². The number of aryl methyl sites for hydroxylation is 2. The van der Waals surface area contributed by atoms with Crippen molar-refractivity contribution in [1.82, 2.24) is 10.6 Å². The van der Waals surface area contributed by atoms with Gasteiger partial charge in [-0.25, -0.2) is 0 Å². The summed E-state index contributed by atoms with van der Waals surface area (Å²) in [7, 11) is 0. The third-order valence-corrected chi connectivity index (χ3v) is 2.71. The molecule has 104 valence electrons. The average molecular weight is 259 g/mol. The van der Waals surface area contributed by atoms with E-state index in [9.17, 15) is 0 Å². The summed E-state index contributed by atoms with van der Waals surface area (Å²) in [6, 6.07) is 6.65. The lowest BCUT2D eigenvalue weighted by atomic mass is 10.1. The molecule has 0 atom stereocenters. The van der Waals surface area contributed by atoms with Gasteiger partial charge in [0.2, 0.25) is 0 Å². The zero-order valence-electron chi connectivity index (χ0n) is 12.3. The maximum atomic E-state index is 4.55. The third-order valence-electron chi connectivity index (χ3n) is 2.71. The molecule has 0 heterocycles. The Morgan fingerprint density at radius 3 is 2.47 bits per heavy atom. The van der Waals surface area contributed by atoms with Crippen LogP contribution in [0.3, 0.4) is 0 Å². The van der Waals surface area contributed by atoms with E-state index in [1.165, 1.54) is 16.7 Å². The molecule has 0 saturated carbocycles. The van der Waals surface area contributed by atoms with E-state index < -0.39 is 0 Å². The second-order valence-corrected chi connectivity index (χ2v) is 4.68. The highest BCUT2D eigenvalue weighted by Gasteiger charge is 1.97. The molecular weight excluding hydrogens is 234 g/mol. The molecule has 0 saturated heterocycles. The highest BCUT2D eigenvalue weighted by atomic mass is 15.2. The minimum atomic E-state index is 0.732. The Morgan fingerprint density at radius 1 is 1.21 bits per heavy atom. The summed E-state index contributed by atoms with van der Waals surface area (Å²) >= 11 is 0. The zero-order chi connectivity index (χ0) is 14.1. The Kier molecular flexibility index (Phi) is 6.72. The number of hydrogen-bond donors (Lipinski definition) is 2. The molecule has 1 aromatic rings. The van der Waals surface area contributed by atoms with Crippen molar-refractivity contribution < 1.29 is 0 Å². The molecule has 0 aliphatic heterocycles. The van der Waals surface area contributed by atoms with Gasteiger partial charge in [-0.2, -0.15) is 0 Å². The van der Waals surface area contributed by atoms with Gasteiger partial charge in [-0.15, -0.1) is 6.58 Å². The minimum Gasteiger partial charge on any atom is -0.357 e. The van der Waals surface area contributed by atoms with Crippen LogP contribution in [-0.2, 0) is 6.42 Å². The van der Waals surface area contributed by atoms with Crippen molar-refractivity contribution in [2.24, 2.45) is 4.99 Å². The fourth-order valence-corrected chi connectivity index (χ4v) is 2.02. The first-order chi connectivity index (χ1) is 9.15. The van der Waals surface area contributed by atoms with E-state index in [2.05, 4.69) is 61.2 Å². The summed E-state index contributed by atoms with van der Waals surface area (Å²) in [5, 5.41) is 6.42. The van der Waals surface area contributed by atoms with Crippen LogP contribution in [0.2, 0.25) is 0 Å². The molecule has 0 fully saturated rings. The number of nitrogens with zero attached hydrogens (tertiary/aromatic N) is 1. The lowest BCUT2D eigenvalue weighted by molar-refractivity contribution is 0.851. The summed E-state index contributed by atoms with van der Waals surface area (Å²) in [5.41, 5.74) is 3.98. The van der Waals surface area contributed by atoms with E-state index in [4.69, 9.17) is 0 Å². The van der Waals surface area contributed by atoms with Gasteiger partial charge in [0.15, 0.2) is 5.96 Å². The average Bonchev–Trinajstić information content (AvgIpc) is 2.34. The normalized spacial score (nSPS) is 11.2. The predicted octanol–water partition coefficient (Wildman–Crippen LogP) is 2.59. The first kappa shape index (κ1) is 15.3. The standard InChI is InChI=1S/C16H25N3/c1-5-8-18-16(17-6-2)19-9-7-15-11-13(3)10-14(4)12-15/h5,10-12H,1,6-9H2,2-4H3,(H2,17,18,19). The van der Waals surface area contributed by atoms with Crippen LogP contribution in [0.25, 0.3) is 0 Å². The SMILES string of the molecule is C=CCNC(=NCCc1cc(C)cc(C)c1)NCC. The monoisotopic (exact) mass is 259 g/mol. The molecule has 1 aromatic carbocycles. The van der Waals surface area contributed by atoms with Gasteiger partial charge in [0, 0.05) is 19.6 Å². The number of rotatable bonds is 6. The first-order valence-corrected chi connectivity index (χ1v) is 6.86. The van der Waals surface area contributed by atoms with Gasteiger partial charge in [-0.1, -0.05) is 35.4 Å². The van der Waals surface area contributed by atoms with Crippen molar-refractivity contribution in [2.45, 2.75) is 27.2 Å². The van der Waals surface area contributed by atoms with Crippen LogP contribution in [0.5, 0.6) is 0 Å². The maximum absolute atomic E-state index is 4.55. The summed E-state index contributed by atoms with van der Waals surface area (Å²) in [5.74, 6) is 0.853. The fourth-order valence-electron chi connectivity index (χ4n) is 2.02. The molecule has 0 aliphatic carbocycles. The molecular formula is C16H25N3. The zero-order valence-corrected chi connectivity index (χ0v) is 12.3. The van der Waals surface area contributed by atoms with Gasteiger partial charge in [-0.05, 0) is 32.8 Å². The first-order valence-electron chi connectivity index (χ1n) is 6.86. The van der Waals surface area contributed by atoms with Gasteiger partial charge in [0.25, 0.3) is 0 Å². The molecule has 1 rings (SSSR count). The Bertz CT molecular complexity index is 415.